The summed E-state index contributed by atoms with van der Waals surface area (Å²) >= 11 is 0. The molecule has 0 atom stereocenters. The lowest BCUT2D eigenvalue weighted by molar-refractivity contribution is -0.389. The number of carboxylic acid groups (broad SMARTS) is 1. The zero-order chi connectivity index (χ0) is 16.3. The molecule has 9 nitrogen and oxygen atoms in total. The van der Waals surface area contributed by atoms with E-state index in [1.54, 1.807) is 13.8 Å². The van der Waals surface area contributed by atoms with Crippen molar-refractivity contribution in [2.45, 2.75) is 37.1 Å². The van der Waals surface area contributed by atoms with E-state index in [0.717, 1.165) is 18.3 Å². The fourth-order valence-electron chi connectivity index (χ4n) is 1.70. The quantitative estimate of drug-likeness (QED) is 0.562. The number of rotatable bonds is 7. The highest BCUT2D eigenvalue weighted by Gasteiger charge is 2.39. The van der Waals surface area contributed by atoms with E-state index in [4.69, 9.17) is 0 Å². The number of nitrogens with zero attached hydrogens (tertiary/aromatic N) is 2. The molecule has 1 heterocycles. The van der Waals surface area contributed by atoms with Crippen molar-refractivity contribution in [3.05, 3.63) is 28.4 Å². The minimum atomic E-state index is -4.15. The lowest BCUT2D eigenvalue weighted by Gasteiger charge is -2.27. The second-order valence-corrected chi connectivity index (χ2v) is 5.99. The maximum atomic E-state index is 12.2. The number of carbonyl (C=O) groups is 1. The Hall–Kier alpha value is -2.07. The summed E-state index contributed by atoms with van der Waals surface area (Å²) in [5.41, 5.74) is -1.62. The van der Waals surface area contributed by atoms with Crippen LogP contribution in [0.15, 0.2) is 23.2 Å². The van der Waals surface area contributed by atoms with Crippen molar-refractivity contribution in [3.63, 3.8) is 0 Å². The van der Waals surface area contributed by atoms with Gasteiger partial charge in [0.05, 0.1) is 0 Å². The molecule has 0 spiro atoms. The highest BCUT2D eigenvalue weighted by molar-refractivity contribution is 7.89. The van der Waals surface area contributed by atoms with Gasteiger partial charge in [-0.1, -0.05) is 13.8 Å². The summed E-state index contributed by atoms with van der Waals surface area (Å²) < 4.78 is 26.5. The lowest BCUT2D eigenvalue weighted by atomic mass is 9.95. The highest BCUT2D eigenvalue weighted by atomic mass is 32.2. The summed E-state index contributed by atoms with van der Waals surface area (Å²) in [5, 5.41) is 19.7. The number of carboxylic acids is 1. The van der Waals surface area contributed by atoms with Crippen molar-refractivity contribution in [2.24, 2.45) is 0 Å². The lowest BCUT2D eigenvalue weighted by Crippen LogP contribution is -2.53. The van der Waals surface area contributed by atoms with Crippen molar-refractivity contribution in [2.75, 3.05) is 0 Å². The van der Waals surface area contributed by atoms with Gasteiger partial charge < -0.3 is 15.2 Å². The molecule has 116 valence electrons. The van der Waals surface area contributed by atoms with Crippen LogP contribution in [0.2, 0.25) is 0 Å². The Morgan fingerprint density at radius 3 is 2.33 bits per heavy atom. The van der Waals surface area contributed by atoms with Crippen LogP contribution in [-0.2, 0) is 14.8 Å². The molecule has 0 unspecified atom stereocenters. The van der Waals surface area contributed by atoms with Crippen LogP contribution in [0.25, 0.3) is 0 Å². The predicted molar refractivity (Wildman–Crippen MR) is 72.2 cm³/mol. The summed E-state index contributed by atoms with van der Waals surface area (Å²) in [6.45, 7) is 3.10. The fraction of sp³-hybridized carbons (Fsp3) is 0.455. The largest absolute Gasteiger partial charge is 0.480 e. The monoisotopic (exact) mass is 317 g/mol. The van der Waals surface area contributed by atoms with E-state index in [0.29, 0.717) is 0 Å². The number of aromatic nitrogens is 1. The van der Waals surface area contributed by atoms with E-state index in [-0.39, 0.29) is 17.7 Å². The van der Waals surface area contributed by atoms with E-state index in [1.165, 1.54) is 0 Å². The van der Waals surface area contributed by atoms with Gasteiger partial charge in [-0.25, -0.2) is 8.42 Å². The van der Waals surface area contributed by atoms with E-state index in [9.17, 15) is 28.4 Å². The average molecular weight is 317 g/mol. The topological polar surface area (TPSA) is 140 Å². The third kappa shape index (κ3) is 3.52. The minimum absolute atomic E-state index is 0.0540. The number of aliphatic carboxylic acids is 1. The molecule has 0 fully saturated rings. The number of hydrogen-bond donors (Lipinski definition) is 2. The Labute approximate surface area is 121 Å². The first-order valence-corrected chi connectivity index (χ1v) is 7.54. The van der Waals surface area contributed by atoms with Crippen LogP contribution in [0, 0.1) is 10.1 Å². The molecule has 1 aromatic rings. The molecule has 0 bridgehead atoms. The Morgan fingerprint density at radius 2 is 2.00 bits per heavy atom. The van der Waals surface area contributed by atoms with Gasteiger partial charge in [0.2, 0.25) is 10.0 Å². The van der Waals surface area contributed by atoms with E-state index in [2.05, 4.69) is 9.71 Å². The second-order valence-electron chi connectivity index (χ2n) is 4.31. The Morgan fingerprint density at radius 1 is 1.43 bits per heavy atom. The minimum Gasteiger partial charge on any atom is -0.480 e. The van der Waals surface area contributed by atoms with Crippen molar-refractivity contribution < 1.29 is 23.2 Å². The Kier molecular flexibility index (Phi) is 4.97. The molecule has 0 aliphatic heterocycles. The third-order valence-corrected chi connectivity index (χ3v) is 4.69. The normalized spacial score (nSPS) is 12.1. The highest BCUT2D eigenvalue weighted by Crippen LogP contribution is 2.20. The molecule has 1 aromatic heterocycles. The van der Waals surface area contributed by atoms with Gasteiger partial charge in [-0.2, -0.15) is 4.72 Å². The van der Waals surface area contributed by atoms with E-state index < -0.39 is 32.3 Å². The number of nitrogens with one attached hydrogen (secondary N) is 1. The van der Waals surface area contributed by atoms with Gasteiger partial charge in [-0.15, -0.1) is 0 Å². The predicted octanol–water partition coefficient (Wildman–Crippen LogP) is 0.911. The van der Waals surface area contributed by atoms with Gasteiger partial charge in [0, 0.05) is 6.07 Å². The van der Waals surface area contributed by atoms with Gasteiger partial charge >= 0.3 is 11.8 Å². The summed E-state index contributed by atoms with van der Waals surface area (Å²) in [5.74, 6) is -1.78. The van der Waals surface area contributed by atoms with Gasteiger partial charge in [-0.05, 0) is 28.8 Å². The van der Waals surface area contributed by atoms with Crippen LogP contribution in [0.4, 0.5) is 5.82 Å². The molecule has 10 heteroatoms. The van der Waals surface area contributed by atoms with Gasteiger partial charge in [-0.3, -0.25) is 4.79 Å². The van der Waals surface area contributed by atoms with Gasteiger partial charge in [0.15, 0.2) is 6.20 Å². The molecule has 0 saturated carbocycles. The first-order valence-electron chi connectivity index (χ1n) is 6.06. The van der Waals surface area contributed by atoms with Crippen LogP contribution < -0.4 is 4.72 Å². The Balaban J connectivity index is 3.16. The molecular formula is C11H15N3O6S. The van der Waals surface area contributed by atoms with Crippen molar-refractivity contribution in [1.29, 1.82) is 0 Å². The van der Waals surface area contributed by atoms with Crippen LogP contribution in [0.3, 0.4) is 0 Å². The molecule has 0 aliphatic carbocycles. The summed E-state index contributed by atoms with van der Waals surface area (Å²) in [6.07, 6.45) is 0.926. The zero-order valence-electron chi connectivity index (χ0n) is 11.4. The summed E-state index contributed by atoms with van der Waals surface area (Å²) in [4.78, 5) is 24.1. The first-order chi connectivity index (χ1) is 9.68. The summed E-state index contributed by atoms with van der Waals surface area (Å²) in [7, 11) is -4.15. The van der Waals surface area contributed by atoms with Crippen molar-refractivity contribution in [1.82, 2.24) is 9.71 Å². The molecule has 0 saturated heterocycles. The smallest absolute Gasteiger partial charge is 0.363 e. The number of nitro groups is 1. The van der Waals surface area contributed by atoms with E-state index in [1.807, 2.05) is 0 Å². The average Bonchev–Trinajstić information content (AvgIpc) is 2.44. The molecule has 0 radical (unpaired) electrons. The van der Waals surface area contributed by atoms with Crippen LogP contribution >= 0.6 is 0 Å². The molecule has 0 aliphatic rings. The number of sulfonamides is 1. The maximum absolute atomic E-state index is 12.2. The molecule has 21 heavy (non-hydrogen) atoms. The standard InChI is InChI=1S/C11H15N3O6S/c1-3-11(4-2,10(15)16)13-21(19,20)8-5-6-9(12-7-8)14(17)18/h5-7,13H,3-4H2,1-2H3,(H,15,16). The second kappa shape index (κ2) is 6.14. The Bertz CT molecular complexity index is 636. The van der Waals surface area contributed by atoms with Gasteiger partial charge in [0.1, 0.15) is 10.4 Å². The first kappa shape index (κ1) is 17.0. The van der Waals surface area contributed by atoms with Crippen LogP contribution in [-0.4, -0.2) is 34.9 Å². The van der Waals surface area contributed by atoms with Crippen molar-refractivity contribution >= 4 is 21.8 Å². The maximum Gasteiger partial charge on any atom is 0.363 e. The van der Waals surface area contributed by atoms with Gasteiger partial charge in [0.25, 0.3) is 0 Å². The van der Waals surface area contributed by atoms with Crippen LogP contribution in [0.5, 0.6) is 0 Å². The number of hydrogen-bond acceptors (Lipinski definition) is 6. The van der Waals surface area contributed by atoms with Crippen molar-refractivity contribution in [3.8, 4) is 0 Å². The molecule has 2 N–H and O–H groups in total. The molecule has 1 rings (SSSR count). The van der Waals surface area contributed by atoms with Crippen LogP contribution in [0.1, 0.15) is 26.7 Å². The molecule has 0 aromatic carbocycles. The third-order valence-electron chi connectivity index (χ3n) is 3.16. The molecular weight excluding hydrogens is 302 g/mol. The summed E-state index contributed by atoms with van der Waals surface area (Å²) in [6, 6.07) is 1.94. The zero-order valence-corrected chi connectivity index (χ0v) is 12.3. The molecule has 0 amide bonds. The fourth-order valence-corrected chi connectivity index (χ4v) is 3.14. The SMILES string of the molecule is CCC(CC)(NS(=O)(=O)c1ccc([N+](=O)[O-])nc1)C(=O)O. The number of pyridine rings is 1. The van der Waals surface area contributed by atoms with E-state index >= 15 is 0 Å².